The average molecular weight is 104 g/mol. The zero-order chi connectivity index (χ0) is 2.71. The Bertz CT molecular complexity index is 6.00. The van der Waals surface area contributed by atoms with Gasteiger partial charge in [-0.05, 0) is 6.54 Å². The van der Waals surface area contributed by atoms with E-state index >= 15 is 0 Å². The summed E-state index contributed by atoms with van der Waals surface area (Å²) >= 11 is 0. The van der Waals surface area contributed by atoms with Crippen LogP contribution in [0.5, 0.6) is 0 Å². The van der Waals surface area contributed by atoms with Crippen LogP contribution in [-0.2, 0) is 16.8 Å². The molecule has 0 rings (SSSR count). The Morgan fingerprint density at radius 2 is 1.75 bits per heavy atom. The molecule has 0 heterocycles. The van der Waals surface area contributed by atoms with Crippen LogP contribution >= 0.6 is 0 Å². The van der Waals surface area contributed by atoms with Crippen LogP contribution in [0.4, 0.5) is 0 Å². The van der Waals surface area contributed by atoms with E-state index in [1.165, 1.54) is 0 Å². The Labute approximate surface area is 36.8 Å². The summed E-state index contributed by atoms with van der Waals surface area (Å²) in [7, 11) is 0. The Morgan fingerprint density at radius 1 is 1.75 bits per heavy atom. The second-order valence-electron chi connectivity index (χ2n) is 0.408. The van der Waals surface area contributed by atoms with Crippen molar-refractivity contribution in [2.45, 2.75) is 6.92 Å². The quantitative estimate of drug-likeness (QED) is 0.458. The third kappa shape index (κ3) is 24.4. The van der Waals surface area contributed by atoms with Gasteiger partial charge in [0.2, 0.25) is 0 Å². The third-order valence-corrected chi connectivity index (χ3v) is 0. The van der Waals surface area contributed by atoms with Gasteiger partial charge in [-0.3, -0.25) is 0 Å². The largest absolute Gasteiger partial charge is 0.331 e. The molecule has 2 N–H and O–H groups in total. The molecule has 0 saturated heterocycles. The number of hydrogen-bond donors (Lipinski definition) is 1. The smallest absolute Gasteiger partial charge is 0 e. The van der Waals surface area contributed by atoms with Gasteiger partial charge >= 0.3 is 0 Å². The molecule has 0 aromatic carbocycles. The van der Waals surface area contributed by atoms with Gasteiger partial charge in [0.1, 0.15) is 0 Å². The molecular weight excluding hydrogens is 97.0 g/mol. The first-order valence-corrected chi connectivity index (χ1v) is 1.12. The number of rotatable bonds is 0. The van der Waals surface area contributed by atoms with Crippen molar-refractivity contribution in [1.82, 2.24) is 0 Å². The fourth-order valence-corrected chi connectivity index (χ4v) is 0. The fourth-order valence-electron chi connectivity index (χ4n) is 0. The summed E-state index contributed by atoms with van der Waals surface area (Å²) in [6, 6.07) is 0. The Morgan fingerprint density at radius 3 is 1.75 bits per heavy atom. The molecule has 1 radical (unpaired) electrons. The summed E-state index contributed by atoms with van der Waals surface area (Å²) in [6.07, 6.45) is 0. The molecule has 0 aliphatic rings. The average Bonchev–Trinajstić information content (AvgIpc) is 0.918. The normalized spacial score (nSPS) is 4.50. The second-order valence-corrected chi connectivity index (χ2v) is 0.408. The maximum Gasteiger partial charge on any atom is 0 e. The predicted octanol–water partition coefficient (Wildman–Crippen LogP) is -0.0375. The van der Waals surface area contributed by atoms with Gasteiger partial charge in [0.25, 0.3) is 0 Å². The maximum absolute atomic E-state index is 4.85. The van der Waals surface area contributed by atoms with Crippen molar-refractivity contribution in [3.05, 3.63) is 0 Å². The molecule has 2 heteroatoms. The van der Waals surface area contributed by atoms with Crippen LogP contribution in [0.25, 0.3) is 0 Å². The van der Waals surface area contributed by atoms with E-state index in [-0.39, 0.29) is 16.8 Å². The SMILES string of the molecule is CCN.[Co]. The van der Waals surface area contributed by atoms with Gasteiger partial charge in [-0.15, -0.1) is 0 Å². The number of nitrogens with two attached hydrogens (primary N) is 1. The molecule has 1 nitrogen and oxygen atoms in total. The van der Waals surface area contributed by atoms with E-state index in [0.29, 0.717) is 0 Å². The van der Waals surface area contributed by atoms with E-state index in [2.05, 4.69) is 0 Å². The van der Waals surface area contributed by atoms with Gasteiger partial charge < -0.3 is 5.73 Å². The van der Waals surface area contributed by atoms with Gasteiger partial charge in [0, 0.05) is 16.8 Å². The van der Waals surface area contributed by atoms with Crippen molar-refractivity contribution >= 4 is 0 Å². The second kappa shape index (κ2) is 9.81. The molecule has 0 saturated carbocycles. The first-order chi connectivity index (χ1) is 1.41. The van der Waals surface area contributed by atoms with Crippen LogP contribution < -0.4 is 5.73 Å². The summed E-state index contributed by atoms with van der Waals surface area (Å²) in [5, 5.41) is 0. The van der Waals surface area contributed by atoms with Crippen LogP contribution in [-0.4, -0.2) is 6.54 Å². The minimum atomic E-state index is 0. The topological polar surface area (TPSA) is 26.0 Å². The van der Waals surface area contributed by atoms with Crippen LogP contribution in [0.2, 0.25) is 0 Å². The Kier molecular flexibility index (Phi) is 21.6. The van der Waals surface area contributed by atoms with Gasteiger partial charge in [0.15, 0.2) is 0 Å². The van der Waals surface area contributed by atoms with Crippen molar-refractivity contribution in [3.63, 3.8) is 0 Å². The predicted molar refractivity (Wildman–Crippen MR) is 14.7 cm³/mol. The van der Waals surface area contributed by atoms with Crippen molar-refractivity contribution < 1.29 is 16.8 Å². The van der Waals surface area contributed by atoms with Gasteiger partial charge in [-0.1, -0.05) is 6.92 Å². The van der Waals surface area contributed by atoms with Gasteiger partial charge in [0.05, 0.1) is 0 Å². The van der Waals surface area contributed by atoms with Crippen molar-refractivity contribution in [3.8, 4) is 0 Å². The first-order valence-electron chi connectivity index (χ1n) is 1.12. The van der Waals surface area contributed by atoms with E-state index in [1.54, 1.807) is 0 Å². The Balaban J connectivity index is 0. The molecule has 0 fully saturated rings. The molecule has 29 valence electrons. The summed E-state index contributed by atoms with van der Waals surface area (Å²) in [6.45, 7) is 2.65. The van der Waals surface area contributed by atoms with Crippen molar-refractivity contribution in [1.29, 1.82) is 0 Å². The molecule has 0 amide bonds. The van der Waals surface area contributed by atoms with Crippen LogP contribution in [0, 0.1) is 0 Å². The summed E-state index contributed by atoms with van der Waals surface area (Å²) in [5.74, 6) is 0. The summed E-state index contributed by atoms with van der Waals surface area (Å²) in [4.78, 5) is 0. The fraction of sp³-hybridized carbons (Fsp3) is 1.00. The molecule has 4 heavy (non-hydrogen) atoms. The van der Waals surface area contributed by atoms with Crippen LogP contribution in [0.15, 0.2) is 0 Å². The van der Waals surface area contributed by atoms with Crippen molar-refractivity contribution in [2.75, 3.05) is 6.54 Å². The zero-order valence-corrected chi connectivity index (χ0v) is 3.66. The van der Waals surface area contributed by atoms with E-state index < -0.39 is 0 Å². The summed E-state index contributed by atoms with van der Waals surface area (Å²) < 4.78 is 0. The van der Waals surface area contributed by atoms with Gasteiger partial charge in [-0.2, -0.15) is 0 Å². The molecule has 0 aliphatic carbocycles. The molecule has 0 atom stereocenters. The third-order valence-electron chi connectivity index (χ3n) is 0. The van der Waals surface area contributed by atoms with E-state index in [0.717, 1.165) is 6.54 Å². The van der Waals surface area contributed by atoms with Crippen molar-refractivity contribution in [2.24, 2.45) is 5.73 Å². The Hall–Kier alpha value is 0.466. The minimum Gasteiger partial charge on any atom is -0.331 e. The minimum absolute atomic E-state index is 0. The summed E-state index contributed by atoms with van der Waals surface area (Å²) in [5.41, 5.74) is 4.85. The monoisotopic (exact) mass is 104 g/mol. The van der Waals surface area contributed by atoms with Crippen LogP contribution in [0.1, 0.15) is 6.92 Å². The first kappa shape index (κ1) is 8.82. The molecule has 0 aromatic heterocycles. The molecule has 0 unspecified atom stereocenters. The molecular formula is C2H7CoN. The van der Waals surface area contributed by atoms with E-state index in [1.807, 2.05) is 6.92 Å². The van der Waals surface area contributed by atoms with E-state index in [9.17, 15) is 0 Å². The molecule has 0 aliphatic heterocycles. The van der Waals surface area contributed by atoms with Crippen LogP contribution in [0.3, 0.4) is 0 Å². The molecule has 0 spiro atoms. The van der Waals surface area contributed by atoms with E-state index in [4.69, 9.17) is 5.73 Å². The van der Waals surface area contributed by atoms with Gasteiger partial charge in [-0.25, -0.2) is 0 Å². The maximum atomic E-state index is 4.85. The number of hydrogen-bond acceptors (Lipinski definition) is 1. The molecule has 0 bridgehead atoms. The molecule has 0 aromatic rings. The standard InChI is InChI=1S/C2H7N.Co/c1-2-3;/h2-3H2,1H3;. The zero-order valence-electron chi connectivity index (χ0n) is 2.62.